The number of thioether (sulfide) groups is 1. The minimum atomic E-state index is -0.0435. The van der Waals surface area contributed by atoms with E-state index >= 15 is 0 Å². The van der Waals surface area contributed by atoms with Crippen LogP contribution in [0.15, 0.2) is 24.3 Å². The zero-order valence-corrected chi connectivity index (χ0v) is 12.5. The third-order valence-corrected chi connectivity index (χ3v) is 4.01. The van der Waals surface area contributed by atoms with Crippen LogP contribution in [0.4, 0.5) is 0 Å². The zero-order chi connectivity index (χ0) is 13.4. The van der Waals surface area contributed by atoms with Gasteiger partial charge in [-0.2, -0.15) is 11.8 Å². The monoisotopic (exact) mass is 285 g/mol. The number of carbonyl (C=O) groups excluding carboxylic acids is 1. The van der Waals surface area contributed by atoms with Gasteiger partial charge in [0.1, 0.15) is 0 Å². The first kappa shape index (κ1) is 15.4. The highest BCUT2D eigenvalue weighted by molar-refractivity contribution is 7.99. The van der Waals surface area contributed by atoms with Gasteiger partial charge in [-0.1, -0.05) is 43.1 Å². The number of rotatable bonds is 7. The molecule has 0 fully saturated rings. The summed E-state index contributed by atoms with van der Waals surface area (Å²) < 4.78 is 0. The van der Waals surface area contributed by atoms with Crippen molar-refractivity contribution >= 4 is 29.3 Å². The molecule has 0 saturated heterocycles. The molecule has 0 spiro atoms. The van der Waals surface area contributed by atoms with E-state index in [0.29, 0.717) is 10.8 Å². The van der Waals surface area contributed by atoms with Crippen LogP contribution >= 0.6 is 23.4 Å². The highest BCUT2D eigenvalue weighted by Gasteiger charge is 2.11. The maximum atomic E-state index is 11.7. The molecule has 0 aromatic heterocycles. The fourth-order valence-corrected chi connectivity index (χ4v) is 2.80. The van der Waals surface area contributed by atoms with E-state index < -0.39 is 0 Å². The lowest BCUT2D eigenvalue weighted by atomic mass is 10.1. The minimum absolute atomic E-state index is 0.0435. The second kappa shape index (κ2) is 8.44. The summed E-state index contributed by atoms with van der Waals surface area (Å²) in [6.07, 6.45) is 2.34. The minimum Gasteiger partial charge on any atom is -0.349 e. The molecule has 100 valence electrons. The van der Waals surface area contributed by atoms with E-state index in [2.05, 4.69) is 12.2 Å². The van der Waals surface area contributed by atoms with Gasteiger partial charge in [0.2, 0.25) is 5.91 Å². The van der Waals surface area contributed by atoms with E-state index in [1.54, 1.807) is 11.8 Å². The average Bonchev–Trinajstić information content (AvgIpc) is 2.35. The van der Waals surface area contributed by atoms with Crippen LogP contribution in [0.3, 0.4) is 0 Å². The lowest BCUT2D eigenvalue weighted by molar-refractivity contribution is -0.119. The Balaban J connectivity index is 2.38. The van der Waals surface area contributed by atoms with Gasteiger partial charge in [-0.05, 0) is 30.7 Å². The van der Waals surface area contributed by atoms with Crippen LogP contribution in [-0.2, 0) is 4.79 Å². The first-order valence-corrected chi connectivity index (χ1v) is 7.80. The SMILES string of the molecule is CCCCSCC(=O)NC(C)c1ccccc1Cl. The van der Waals surface area contributed by atoms with Crippen LogP contribution in [0.2, 0.25) is 5.02 Å². The third kappa shape index (κ3) is 5.32. The number of benzene rings is 1. The fraction of sp³-hybridized carbons (Fsp3) is 0.500. The van der Waals surface area contributed by atoms with Crippen molar-refractivity contribution in [2.24, 2.45) is 0 Å². The van der Waals surface area contributed by atoms with Crippen molar-refractivity contribution in [1.82, 2.24) is 5.32 Å². The quantitative estimate of drug-likeness (QED) is 0.766. The summed E-state index contributed by atoms with van der Waals surface area (Å²) in [5.41, 5.74) is 0.964. The van der Waals surface area contributed by atoms with Crippen LogP contribution in [0, 0.1) is 0 Å². The molecule has 1 unspecified atom stereocenters. The van der Waals surface area contributed by atoms with E-state index in [-0.39, 0.29) is 11.9 Å². The lowest BCUT2D eigenvalue weighted by Crippen LogP contribution is -2.28. The Morgan fingerprint density at radius 3 is 2.83 bits per heavy atom. The molecule has 1 atom stereocenters. The summed E-state index contributed by atoms with van der Waals surface area (Å²) in [5, 5.41) is 3.67. The topological polar surface area (TPSA) is 29.1 Å². The van der Waals surface area contributed by atoms with Crippen molar-refractivity contribution in [3.63, 3.8) is 0 Å². The summed E-state index contributed by atoms with van der Waals surface area (Å²) in [4.78, 5) is 11.7. The summed E-state index contributed by atoms with van der Waals surface area (Å²) in [7, 11) is 0. The Kier molecular flexibility index (Phi) is 7.21. The normalized spacial score (nSPS) is 12.2. The van der Waals surface area contributed by atoms with Crippen molar-refractivity contribution in [3.05, 3.63) is 34.9 Å². The van der Waals surface area contributed by atoms with Crippen LogP contribution in [0.5, 0.6) is 0 Å². The van der Waals surface area contributed by atoms with Crippen LogP contribution < -0.4 is 5.32 Å². The van der Waals surface area contributed by atoms with E-state index in [1.807, 2.05) is 31.2 Å². The molecule has 0 heterocycles. The lowest BCUT2D eigenvalue weighted by Gasteiger charge is -2.15. The van der Waals surface area contributed by atoms with Gasteiger partial charge < -0.3 is 5.32 Å². The van der Waals surface area contributed by atoms with Gasteiger partial charge in [0.25, 0.3) is 0 Å². The number of carbonyl (C=O) groups is 1. The Labute approximate surface area is 118 Å². The van der Waals surface area contributed by atoms with Gasteiger partial charge in [0.05, 0.1) is 11.8 Å². The molecule has 1 rings (SSSR count). The number of amides is 1. The maximum Gasteiger partial charge on any atom is 0.230 e. The van der Waals surface area contributed by atoms with Gasteiger partial charge in [0.15, 0.2) is 0 Å². The van der Waals surface area contributed by atoms with Crippen molar-refractivity contribution < 1.29 is 4.79 Å². The number of unbranched alkanes of at least 4 members (excludes halogenated alkanes) is 1. The Hall–Kier alpha value is -0.670. The summed E-state index contributed by atoms with van der Waals surface area (Å²) >= 11 is 7.77. The van der Waals surface area contributed by atoms with Crippen molar-refractivity contribution in [2.45, 2.75) is 32.7 Å². The largest absolute Gasteiger partial charge is 0.349 e. The number of nitrogens with one attached hydrogen (secondary N) is 1. The molecule has 4 heteroatoms. The highest BCUT2D eigenvalue weighted by atomic mass is 35.5. The Morgan fingerprint density at radius 2 is 2.17 bits per heavy atom. The zero-order valence-electron chi connectivity index (χ0n) is 10.9. The molecule has 1 amide bonds. The summed E-state index contributed by atoms with van der Waals surface area (Å²) in [6.45, 7) is 4.11. The maximum absolute atomic E-state index is 11.7. The van der Waals surface area contributed by atoms with Crippen molar-refractivity contribution in [3.8, 4) is 0 Å². The Bertz CT molecular complexity index is 384. The Morgan fingerprint density at radius 1 is 1.44 bits per heavy atom. The molecule has 0 radical (unpaired) electrons. The summed E-state index contributed by atoms with van der Waals surface area (Å²) in [6, 6.07) is 7.56. The molecule has 1 aromatic rings. The third-order valence-electron chi connectivity index (χ3n) is 2.62. The average molecular weight is 286 g/mol. The molecular formula is C14H20ClNOS. The van der Waals surface area contributed by atoms with Gasteiger partial charge >= 0.3 is 0 Å². The van der Waals surface area contributed by atoms with E-state index in [0.717, 1.165) is 17.7 Å². The molecule has 0 aliphatic rings. The first-order chi connectivity index (χ1) is 8.65. The van der Waals surface area contributed by atoms with Gasteiger partial charge in [-0.3, -0.25) is 4.79 Å². The molecule has 0 aliphatic carbocycles. The van der Waals surface area contributed by atoms with Crippen LogP contribution in [0.25, 0.3) is 0 Å². The van der Waals surface area contributed by atoms with Crippen molar-refractivity contribution in [2.75, 3.05) is 11.5 Å². The fourth-order valence-electron chi connectivity index (χ4n) is 1.60. The van der Waals surface area contributed by atoms with Gasteiger partial charge in [-0.15, -0.1) is 0 Å². The van der Waals surface area contributed by atoms with Gasteiger partial charge in [-0.25, -0.2) is 0 Å². The predicted octanol–water partition coefficient (Wildman–Crippen LogP) is 4.05. The van der Waals surface area contributed by atoms with Crippen molar-refractivity contribution in [1.29, 1.82) is 0 Å². The smallest absolute Gasteiger partial charge is 0.230 e. The highest BCUT2D eigenvalue weighted by Crippen LogP contribution is 2.22. The standard InChI is InChI=1S/C14H20ClNOS/c1-3-4-9-18-10-14(17)16-11(2)12-7-5-6-8-13(12)15/h5-8,11H,3-4,9-10H2,1-2H3,(H,16,17). The first-order valence-electron chi connectivity index (χ1n) is 6.26. The predicted molar refractivity (Wildman–Crippen MR) is 80.2 cm³/mol. The molecule has 18 heavy (non-hydrogen) atoms. The molecular weight excluding hydrogens is 266 g/mol. The number of hydrogen-bond acceptors (Lipinski definition) is 2. The number of hydrogen-bond donors (Lipinski definition) is 1. The molecule has 1 N–H and O–H groups in total. The van der Waals surface area contributed by atoms with E-state index in [4.69, 9.17) is 11.6 Å². The van der Waals surface area contributed by atoms with Crippen LogP contribution in [0.1, 0.15) is 38.3 Å². The molecule has 0 bridgehead atoms. The van der Waals surface area contributed by atoms with E-state index in [9.17, 15) is 4.79 Å². The van der Waals surface area contributed by atoms with E-state index in [1.165, 1.54) is 6.42 Å². The molecule has 0 aliphatic heterocycles. The second-order valence-corrected chi connectivity index (χ2v) is 5.73. The molecule has 0 saturated carbocycles. The summed E-state index contributed by atoms with van der Waals surface area (Å²) in [5.74, 6) is 1.64. The molecule has 1 aromatic carbocycles. The second-order valence-electron chi connectivity index (χ2n) is 4.22. The number of halogens is 1. The van der Waals surface area contributed by atoms with Gasteiger partial charge in [0, 0.05) is 5.02 Å². The van der Waals surface area contributed by atoms with Crippen LogP contribution in [-0.4, -0.2) is 17.4 Å². The molecule has 2 nitrogen and oxygen atoms in total.